The van der Waals surface area contributed by atoms with Gasteiger partial charge in [-0.1, -0.05) is 6.92 Å². The second-order valence-electron chi connectivity index (χ2n) is 5.91. The molecular formula is C18H17F4N3O3. The van der Waals surface area contributed by atoms with Gasteiger partial charge in [0.05, 0.1) is 5.56 Å². The van der Waals surface area contributed by atoms with E-state index in [0.717, 1.165) is 30.5 Å². The molecular weight excluding hydrogens is 382 g/mol. The van der Waals surface area contributed by atoms with Gasteiger partial charge < -0.3 is 16.2 Å². The molecule has 0 spiro atoms. The summed E-state index contributed by atoms with van der Waals surface area (Å²) in [4.78, 5) is 26.8. The van der Waals surface area contributed by atoms with Crippen LogP contribution in [0.2, 0.25) is 0 Å². The van der Waals surface area contributed by atoms with Crippen molar-refractivity contribution in [3.05, 3.63) is 53.1 Å². The Kier molecular flexibility index (Phi) is 6.34. The van der Waals surface area contributed by atoms with E-state index < -0.39 is 42.0 Å². The minimum absolute atomic E-state index is 0.0969. The number of carboxylic acid groups (broad SMARTS) is 1. The molecule has 6 nitrogen and oxygen atoms in total. The van der Waals surface area contributed by atoms with Gasteiger partial charge in [-0.25, -0.2) is 4.39 Å². The first-order valence-corrected chi connectivity index (χ1v) is 8.17. The zero-order valence-electron chi connectivity index (χ0n) is 14.7. The number of aryl methyl sites for hydroxylation is 1. The van der Waals surface area contributed by atoms with Gasteiger partial charge in [0.25, 0.3) is 5.91 Å². The van der Waals surface area contributed by atoms with Crippen molar-refractivity contribution in [1.29, 1.82) is 0 Å². The topological polar surface area (TPSA) is 105 Å². The van der Waals surface area contributed by atoms with E-state index in [-0.39, 0.29) is 28.8 Å². The number of rotatable bonds is 6. The smallest absolute Gasteiger partial charge is 0.417 e. The van der Waals surface area contributed by atoms with Gasteiger partial charge in [-0.2, -0.15) is 13.2 Å². The molecule has 0 aliphatic carbocycles. The lowest BCUT2D eigenvalue weighted by Gasteiger charge is -2.17. The van der Waals surface area contributed by atoms with Crippen LogP contribution in [0.4, 0.5) is 17.6 Å². The summed E-state index contributed by atoms with van der Waals surface area (Å²) in [5.74, 6) is -3.14. The minimum Gasteiger partial charge on any atom is -0.480 e. The maximum atomic E-state index is 14.1. The number of benzene rings is 1. The molecule has 0 bridgehead atoms. The molecule has 28 heavy (non-hydrogen) atoms. The number of hydrogen-bond donors (Lipinski definition) is 3. The lowest BCUT2D eigenvalue weighted by atomic mass is 9.95. The van der Waals surface area contributed by atoms with Crippen LogP contribution in [-0.2, 0) is 17.4 Å². The van der Waals surface area contributed by atoms with Gasteiger partial charge in [0, 0.05) is 29.6 Å². The van der Waals surface area contributed by atoms with Crippen LogP contribution in [0, 0.1) is 5.82 Å². The van der Waals surface area contributed by atoms with Crippen LogP contribution in [0.1, 0.15) is 28.5 Å². The van der Waals surface area contributed by atoms with Crippen LogP contribution >= 0.6 is 0 Å². The first-order valence-electron chi connectivity index (χ1n) is 8.17. The van der Waals surface area contributed by atoms with Crippen LogP contribution < -0.4 is 11.1 Å². The molecule has 1 atom stereocenters. The Hall–Kier alpha value is -3.01. The van der Waals surface area contributed by atoms with Crippen molar-refractivity contribution >= 4 is 11.9 Å². The number of nitrogens with two attached hydrogens (primary N) is 1. The number of aromatic nitrogens is 1. The van der Waals surface area contributed by atoms with Gasteiger partial charge in [-0.05, 0) is 36.2 Å². The van der Waals surface area contributed by atoms with Crippen LogP contribution in [-0.4, -0.2) is 34.6 Å². The highest BCUT2D eigenvalue weighted by Crippen LogP contribution is 2.39. The Morgan fingerprint density at radius 2 is 1.96 bits per heavy atom. The average molecular weight is 399 g/mol. The summed E-state index contributed by atoms with van der Waals surface area (Å²) in [6.07, 6.45) is -3.53. The minimum atomic E-state index is -4.70. The quantitative estimate of drug-likeness (QED) is 0.648. The summed E-state index contributed by atoms with van der Waals surface area (Å²) in [6.45, 7) is 1.17. The fourth-order valence-electron chi connectivity index (χ4n) is 2.59. The van der Waals surface area contributed by atoms with Gasteiger partial charge in [-0.3, -0.25) is 14.6 Å². The number of aliphatic carboxylic acids is 1. The summed E-state index contributed by atoms with van der Waals surface area (Å²) in [7, 11) is 0. The zero-order valence-corrected chi connectivity index (χ0v) is 14.7. The maximum absolute atomic E-state index is 14.1. The Morgan fingerprint density at radius 3 is 2.54 bits per heavy atom. The first-order chi connectivity index (χ1) is 13.0. The summed E-state index contributed by atoms with van der Waals surface area (Å²) in [5, 5.41) is 10.9. The number of nitrogens with zero attached hydrogens (tertiary/aromatic N) is 1. The summed E-state index contributed by atoms with van der Waals surface area (Å²) >= 11 is 0. The standard InChI is InChI=1S/C18H17F4N3O3/c1-2-14-15(12(3-4-24-14)18(20,21)22)9-5-10(7-11(19)6-9)16(26)25-8-13(23)17(27)28/h3-7,13H,2,8,23H2,1H3,(H,25,26)(H,27,28)/t13-/m1/s1. The molecule has 1 aromatic heterocycles. The SMILES string of the molecule is CCc1nccc(C(F)(F)F)c1-c1cc(F)cc(C(=O)NC[C@@H](N)C(=O)O)c1. The van der Waals surface area contributed by atoms with Crippen molar-refractivity contribution in [2.45, 2.75) is 25.6 Å². The molecule has 0 aliphatic heterocycles. The van der Waals surface area contributed by atoms with Crippen LogP contribution in [0.5, 0.6) is 0 Å². The molecule has 0 saturated carbocycles. The first kappa shape index (κ1) is 21.3. The molecule has 0 aliphatic rings. The van der Waals surface area contributed by atoms with E-state index in [0.29, 0.717) is 0 Å². The van der Waals surface area contributed by atoms with Crippen LogP contribution in [0.15, 0.2) is 30.5 Å². The Bertz CT molecular complexity index is 900. The van der Waals surface area contributed by atoms with E-state index in [1.165, 1.54) is 0 Å². The number of alkyl halides is 3. The van der Waals surface area contributed by atoms with Gasteiger partial charge in [0.15, 0.2) is 0 Å². The maximum Gasteiger partial charge on any atom is 0.417 e. The molecule has 0 radical (unpaired) electrons. The fourth-order valence-corrected chi connectivity index (χ4v) is 2.59. The third-order valence-corrected chi connectivity index (χ3v) is 3.92. The van der Waals surface area contributed by atoms with E-state index in [9.17, 15) is 27.2 Å². The number of pyridine rings is 1. The van der Waals surface area contributed by atoms with Crippen LogP contribution in [0.25, 0.3) is 11.1 Å². The second kappa shape index (κ2) is 8.34. The lowest BCUT2D eigenvalue weighted by molar-refractivity contribution is -0.138. The van der Waals surface area contributed by atoms with E-state index >= 15 is 0 Å². The molecule has 2 rings (SSSR count). The Labute approximate surface area is 157 Å². The molecule has 10 heteroatoms. The monoisotopic (exact) mass is 399 g/mol. The lowest BCUT2D eigenvalue weighted by Crippen LogP contribution is -2.42. The van der Waals surface area contributed by atoms with Crippen molar-refractivity contribution in [3.8, 4) is 11.1 Å². The van der Waals surface area contributed by atoms with E-state index in [4.69, 9.17) is 10.8 Å². The third kappa shape index (κ3) is 4.83. The normalized spacial score (nSPS) is 12.5. The number of carbonyl (C=O) groups is 2. The molecule has 1 heterocycles. The Balaban J connectivity index is 2.49. The van der Waals surface area contributed by atoms with E-state index in [1.54, 1.807) is 6.92 Å². The molecule has 4 N–H and O–H groups in total. The average Bonchev–Trinajstić information content (AvgIpc) is 2.63. The number of amides is 1. The molecule has 2 aromatic rings. The predicted octanol–water partition coefficient (Wildman–Crippen LogP) is 2.61. The zero-order chi connectivity index (χ0) is 21.1. The van der Waals surface area contributed by atoms with E-state index in [2.05, 4.69) is 10.3 Å². The van der Waals surface area contributed by atoms with Gasteiger partial charge >= 0.3 is 12.1 Å². The number of halogens is 4. The molecule has 0 fully saturated rings. The highest BCUT2D eigenvalue weighted by atomic mass is 19.4. The summed E-state index contributed by atoms with van der Waals surface area (Å²) in [5.41, 5.74) is 3.63. The number of nitrogens with one attached hydrogen (secondary N) is 1. The molecule has 0 saturated heterocycles. The van der Waals surface area contributed by atoms with Crippen molar-refractivity contribution in [1.82, 2.24) is 10.3 Å². The summed E-state index contributed by atoms with van der Waals surface area (Å²) in [6, 6.07) is 2.21. The predicted molar refractivity (Wildman–Crippen MR) is 92.0 cm³/mol. The highest BCUT2D eigenvalue weighted by Gasteiger charge is 2.35. The number of carboxylic acids is 1. The van der Waals surface area contributed by atoms with Crippen molar-refractivity contribution < 1.29 is 32.3 Å². The molecule has 0 unspecified atom stereocenters. The van der Waals surface area contributed by atoms with Crippen molar-refractivity contribution in [2.75, 3.05) is 6.54 Å². The number of hydrogen-bond acceptors (Lipinski definition) is 4. The van der Waals surface area contributed by atoms with Crippen LogP contribution in [0.3, 0.4) is 0 Å². The largest absolute Gasteiger partial charge is 0.480 e. The van der Waals surface area contributed by atoms with Gasteiger partial charge in [-0.15, -0.1) is 0 Å². The molecule has 1 aromatic carbocycles. The molecule has 150 valence electrons. The second-order valence-corrected chi connectivity index (χ2v) is 5.91. The summed E-state index contributed by atoms with van der Waals surface area (Å²) < 4.78 is 54.3. The molecule has 1 amide bonds. The number of carbonyl (C=O) groups excluding carboxylic acids is 1. The Morgan fingerprint density at radius 1 is 1.29 bits per heavy atom. The third-order valence-electron chi connectivity index (χ3n) is 3.92. The highest BCUT2D eigenvalue weighted by molar-refractivity contribution is 5.96. The van der Waals surface area contributed by atoms with E-state index in [1.807, 2.05) is 0 Å². The van der Waals surface area contributed by atoms with Crippen molar-refractivity contribution in [2.24, 2.45) is 5.73 Å². The fraction of sp³-hybridized carbons (Fsp3) is 0.278. The van der Waals surface area contributed by atoms with Gasteiger partial charge in [0.1, 0.15) is 11.9 Å². The van der Waals surface area contributed by atoms with Crippen molar-refractivity contribution in [3.63, 3.8) is 0 Å². The van der Waals surface area contributed by atoms with Gasteiger partial charge in [0.2, 0.25) is 0 Å².